The molecule has 0 aliphatic heterocycles. The minimum absolute atomic E-state index is 0.0735. The highest BCUT2D eigenvalue weighted by Gasteiger charge is 2.20. The highest BCUT2D eigenvalue weighted by Crippen LogP contribution is 2.17. The Balaban J connectivity index is 1.75. The summed E-state index contributed by atoms with van der Waals surface area (Å²) in [6.45, 7) is 0.0753. The zero-order valence-electron chi connectivity index (χ0n) is 11.6. The van der Waals surface area contributed by atoms with Gasteiger partial charge in [0.15, 0.2) is 5.78 Å². The number of carbonyl (C=O) groups excluding carboxylic acids is 2. The van der Waals surface area contributed by atoms with Crippen LogP contribution < -0.4 is 5.32 Å². The fraction of sp³-hybridized carbons (Fsp3) is 0.375. The first kappa shape index (κ1) is 15.4. The predicted molar refractivity (Wildman–Crippen MR) is 76.2 cm³/mol. The van der Waals surface area contributed by atoms with Gasteiger partial charge in [0.25, 0.3) is 0 Å². The van der Waals surface area contributed by atoms with Gasteiger partial charge in [0.05, 0.1) is 0 Å². The van der Waals surface area contributed by atoms with Crippen molar-refractivity contribution in [1.82, 2.24) is 5.32 Å². The van der Waals surface area contributed by atoms with Crippen LogP contribution in [0.4, 0.5) is 4.39 Å². The van der Waals surface area contributed by atoms with Crippen LogP contribution in [0.5, 0.6) is 0 Å². The Morgan fingerprint density at radius 1 is 1.19 bits per heavy atom. The summed E-state index contributed by atoms with van der Waals surface area (Å²) < 4.78 is 12.8. The molecule has 1 aliphatic carbocycles. The molecule has 21 heavy (non-hydrogen) atoms. The van der Waals surface area contributed by atoms with Gasteiger partial charge in [-0.15, -0.1) is 0 Å². The highest BCUT2D eigenvalue weighted by molar-refractivity contribution is 5.97. The van der Waals surface area contributed by atoms with E-state index in [0.29, 0.717) is 12.0 Å². The topological polar surface area (TPSA) is 66.4 Å². The molecule has 0 saturated carbocycles. The number of hydrogen-bond acceptors (Lipinski definition) is 3. The van der Waals surface area contributed by atoms with Gasteiger partial charge < -0.3 is 10.4 Å². The molecular weight excluding hydrogens is 273 g/mol. The fourth-order valence-electron chi connectivity index (χ4n) is 2.30. The lowest BCUT2D eigenvalue weighted by molar-refractivity contribution is -0.121. The second kappa shape index (κ2) is 7.13. The number of hydrogen-bond donors (Lipinski definition) is 2. The first-order chi connectivity index (χ1) is 10.1. The summed E-state index contributed by atoms with van der Waals surface area (Å²) in [6.07, 6.45) is 4.63. The molecule has 0 saturated heterocycles. The molecule has 0 bridgehead atoms. The average molecular weight is 291 g/mol. The van der Waals surface area contributed by atoms with Gasteiger partial charge in [-0.1, -0.05) is 12.2 Å². The van der Waals surface area contributed by atoms with E-state index in [9.17, 15) is 14.0 Å². The van der Waals surface area contributed by atoms with Gasteiger partial charge in [0, 0.05) is 37.0 Å². The third-order valence-corrected chi connectivity index (χ3v) is 3.50. The zero-order chi connectivity index (χ0) is 15.2. The van der Waals surface area contributed by atoms with Crippen LogP contribution >= 0.6 is 0 Å². The van der Waals surface area contributed by atoms with Crippen LogP contribution in [0.25, 0.3) is 0 Å². The monoisotopic (exact) mass is 291 g/mol. The molecule has 0 heterocycles. The van der Waals surface area contributed by atoms with E-state index in [0.717, 1.165) is 0 Å². The molecule has 0 fully saturated rings. The van der Waals surface area contributed by atoms with Gasteiger partial charge in [-0.2, -0.15) is 0 Å². The summed E-state index contributed by atoms with van der Waals surface area (Å²) in [4.78, 5) is 23.6. The maximum atomic E-state index is 12.8. The number of ketones is 1. The van der Waals surface area contributed by atoms with E-state index in [1.807, 2.05) is 12.2 Å². The van der Waals surface area contributed by atoms with Crippen molar-refractivity contribution >= 4 is 11.7 Å². The molecule has 4 nitrogen and oxygen atoms in total. The smallest absolute Gasteiger partial charge is 0.220 e. The van der Waals surface area contributed by atoms with E-state index in [2.05, 4.69) is 5.32 Å². The summed E-state index contributed by atoms with van der Waals surface area (Å²) in [7, 11) is 0. The number of amides is 1. The number of carbonyl (C=O) groups is 2. The van der Waals surface area contributed by atoms with Gasteiger partial charge in [0.1, 0.15) is 5.82 Å². The van der Waals surface area contributed by atoms with E-state index in [4.69, 9.17) is 5.11 Å². The Morgan fingerprint density at radius 2 is 1.90 bits per heavy atom. The summed E-state index contributed by atoms with van der Waals surface area (Å²) in [5, 5.41) is 11.8. The number of benzene rings is 1. The van der Waals surface area contributed by atoms with Crippen molar-refractivity contribution in [2.45, 2.75) is 25.3 Å². The van der Waals surface area contributed by atoms with E-state index in [1.165, 1.54) is 24.3 Å². The lowest BCUT2D eigenvalue weighted by Crippen LogP contribution is -2.33. The van der Waals surface area contributed by atoms with Crippen molar-refractivity contribution in [3.05, 3.63) is 47.8 Å². The van der Waals surface area contributed by atoms with Gasteiger partial charge in [-0.25, -0.2) is 4.39 Å². The summed E-state index contributed by atoms with van der Waals surface area (Å²) >= 11 is 0. The van der Waals surface area contributed by atoms with Gasteiger partial charge in [-0.3, -0.25) is 9.59 Å². The van der Waals surface area contributed by atoms with E-state index >= 15 is 0 Å². The molecule has 2 atom stereocenters. The molecular formula is C16H18FNO3. The largest absolute Gasteiger partial charge is 0.396 e. The molecule has 1 aromatic rings. The average Bonchev–Trinajstić information content (AvgIpc) is 2.93. The van der Waals surface area contributed by atoms with Crippen molar-refractivity contribution in [3.8, 4) is 0 Å². The van der Waals surface area contributed by atoms with Crippen LogP contribution in [0.2, 0.25) is 0 Å². The van der Waals surface area contributed by atoms with E-state index in [-0.39, 0.29) is 43.1 Å². The quantitative estimate of drug-likeness (QED) is 0.621. The maximum Gasteiger partial charge on any atom is 0.220 e. The number of aliphatic hydroxyl groups is 1. The van der Waals surface area contributed by atoms with Gasteiger partial charge in [0.2, 0.25) is 5.91 Å². The molecule has 2 N–H and O–H groups in total. The van der Waals surface area contributed by atoms with Crippen LogP contribution in [-0.4, -0.2) is 29.4 Å². The Bertz CT molecular complexity index is 539. The maximum absolute atomic E-state index is 12.8. The molecule has 2 rings (SSSR count). The van der Waals surface area contributed by atoms with Crippen LogP contribution in [0.1, 0.15) is 29.6 Å². The molecule has 1 aliphatic rings. The third kappa shape index (κ3) is 4.49. The Morgan fingerprint density at radius 3 is 2.52 bits per heavy atom. The van der Waals surface area contributed by atoms with E-state index < -0.39 is 5.82 Å². The normalized spacial score (nSPS) is 20.5. The molecule has 1 amide bonds. The van der Waals surface area contributed by atoms with Crippen LogP contribution in [0, 0.1) is 11.7 Å². The Hall–Kier alpha value is -2.01. The van der Waals surface area contributed by atoms with Crippen molar-refractivity contribution in [1.29, 1.82) is 0 Å². The van der Waals surface area contributed by atoms with Gasteiger partial charge in [-0.05, 0) is 30.7 Å². The summed E-state index contributed by atoms with van der Waals surface area (Å²) in [5.74, 6) is -0.675. The fourth-order valence-corrected chi connectivity index (χ4v) is 2.30. The lowest BCUT2D eigenvalue weighted by atomic mass is 10.1. The third-order valence-electron chi connectivity index (χ3n) is 3.50. The lowest BCUT2D eigenvalue weighted by Gasteiger charge is -2.12. The molecule has 0 aromatic heterocycles. The first-order valence-corrected chi connectivity index (χ1v) is 6.96. The van der Waals surface area contributed by atoms with Crippen molar-refractivity contribution < 1.29 is 19.1 Å². The molecule has 0 unspecified atom stereocenters. The Labute approximate surface area is 122 Å². The van der Waals surface area contributed by atoms with Crippen LogP contribution in [0.15, 0.2) is 36.4 Å². The summed E-state index contributed by atoms with van der Waals surface area (Å²) in [5.41, 5.74) is 0.408. The molecule has 0 spiro atoms. The minimum atomic E-state index is -0.393. The van der Waals surface area contributed by atoms with E-state index in [1.54, 1.807) is 0 Å². The molecule has 0 radical (unpaired) electrons. The predicted octanol–water partition coefficient (Wildman–Crippen LogP) is 1.84. The standard InChI is InChI=1S/C16H18FNO3/c17-13-4-2-12(3-5-13)15(20)7-8-16(21)18-14-6-1-11(9-14)10-19/h1-6,11,14,19H,7-10H2,(H,18,21)/t11-,14+/m0/s1. The number of rotatable bonds is 6. The minimum Gasteiger partial charge on any atom is -0.396 e. The van der Waals surface area contributed by atoms with Gasteiger partial charge >= 0.3 is 0 Å². The number of aliphatic hydroxyl groups excluding tert-OH is 1. The van der Waals surface area contributed by atoms with Crippen LogP contribution in [0.3, 0.4) is 0 Å². The number of Topliss-reactive ketones (excluding diaryl/α,β-unsaturated/α-hetero) is 1. The Kier molecular flexibility index (Phi) is 5.22. The molecule has 112 valence electrons. The SMILES string of the molecule is O=C(CCC(=O)c1ccc(F)cc1)N[C@@H]1C=C[C@H](CO)C1. The highest BCUT2D eigenvalue weighted by atomic mass is 19.1. The zero-order valence-corrected chi connectivity index (χ0v) is 11.6. The first-order valence-electron chi connectivity index (χ1n) is 6.96. The molecule has 1 aromatic carbocycles. The molecule has 5 heteroatoms. The van der Waals surface area contributed by atoms with Crippen LogP contribution in [-0.2, 0) is 4.79 Å². The van der Waals surface area contributed by atoms with Crippen molar-refractivity contribution in [2.24, 2.45) is 5.92 Å². The van der Waals surface area contributed by atoms with Crippen molar-refractivity contribution in [2.75, 3.05) is 6.61 Å². The second-order valence-corrected chi connectivity index (χ2v) is 5.17. The number of halogens is 1. The summed E-state index contributed by atoms with van der Waals surface area (Å²) in [6, 6.07) is 5.22. The second-order valence-electron chi connectivity index (χ2n) is 5.17. The number of nitrogens with one attached hydrogen (secondary N) is 1. The van der Waals surface area contributed by atoms with Crippen molar-refractivity contribution in [3.63, 3.8) is 0 Å².